The lowest BCUT2D eigenvalue weighted by molar-refractivity contribution is 0.0948. The van der Waals surface area contributed by atoms with Crippen LogP contribution in [0.3, 0.4) is 0 Å². The first-order chi connectivity index (χ1) is 12.6. The lowest BCUT2D eigenvalue weighted by Crippen LogP contribution is -2.23. The van der Waals surface area contributed by atoms with Crippen molar-refractivity contribution in [3.05, 3.63) is 94.8 Å². The van der Waals surface area contributed by atoms with E-state index in [-0.39, 0.29) is 11.8 Å². The highest BCUT2D eigenvalue weighted by Gasteiger charge is 2.09. The Morgan fingerprint density at radius 3 is 2.12 bits per heavy atom. The molecular formula is C20H16ClN3O2. The van der Waals surface area contributed by atoms with Crippen molar-refractivity contribution in [3.63, 3.8) is 0 Å². The van der Waals surface area contributed by atoms with Gasteiger partial charge in [0.1, 0.15) is 0 Å². The lowest BCUT2D eigenvalue weighted by atomic mass is 10.1. The molecule has 130 valence electrons. The Bertz CT molecular complexity index is 895. The van der Waals surface area contributed by atoms with Crippen molar-refractivity contribution >= 4 is 29.1 Å². The highest BCUT2D eigenvalue weighted by Crippen LogP contribution is 2.15. The van der Waals surface area contributed by atoms with E-state index in [4.69, 9.17) is 11.6 Å². The van der Waals surface area contributed by atoms with Gasteiger partial charge >= 0.3 is 0 Å². The van der Waals surface area contributed by atoms with Gasteiger partial charge in [0.25, 0.3) is 11.8 Å². The highest BCUT2D eigenvalue weighted by molar-refractivity contribution is 6.30. The third kappa shape index (κ3) is 4.68. The van der Waals surface area contributed by atoms with Crippen molar-refractivity contribution in [1.82, 2.24) is 10.3 Å². The van der Waals surface area contributed by atoms with Gasteiger partial charge in [0.2, 0.25) is 0 Å². The molecule has 2 N–H and O–H groups in total. The fraction of sp³-hybridized carbons (Fsp3) is 0.0500. The minimum Gasteiger partial charge on any atom is -0.346 e. The average molecular weight is 366 g/mol. The van der Waals surface area contributed by atoms with Gasteiger partial charge in [0.15, 0.2) is 0 Å². The fourth-order valence-corrected chi connectivity index (χ4v) is 2.41. The van der Waals surface area contributed by atoms with Crippen LogP contribution in [0, 0.1) is 0 Å². The Kier molecular flexibility index (Phi) is 5.61. The first-order valence-electron chi connectivity index (χ1n) is 7.97. The van der Waals surface area contributed by atoms with Gasteiger partial charge in [-0.25, -0.2) is 0 Å². The Morgan fingerprint density at radius 2 is 1.50 bits per heavy atom. The van der Waals surface area contributed by atoms with Gasteiger partial charge in [-0.05, 0) is 60.7 Å². The molecule has 6 heteroatoms. The van der Waals surface area contributed by atoms with Crippen LogP contribution in [0.2, 0.25) is 5.02 Å². The molecule has 0 atom stereocenters. The summed E-state index contributed by atoms with van der Waals surface area (Å²) in [7, 11) is 0. The smallest absolute Gasteiger partial charge is 0.255 e. The van der Waals surface area contributed by atoms with Crippen LogP contribution in [0.1, 0.15) is 26.4 Å². The second-order valence-electron chi connectivity index (χ2n) is 5.54. The van der Waals surface area contributed by atoms with Crippen LogP contribution in [0.15, 0.2) is 72.9 Å². The number of nitrogens with zero attached hydrogens (tertiary/aromatic N) is 1. The maximum absolute atomic E-state index is 12.2. The van der Waals surface area contributed by atoms with Crippen LogP contribution in [0.4, 0.5) is 5.69 Å². The van der Waals surface area contributed by atoms with Crippen molar-refractivity contribution in [1.29, 1.82) is 0 Å². The third-order valence-electron chi connectivity index (χ3n) is 3.67. The Hall–Kier alpha value is -3.18. The number of carbonyl (C=O) groups is 2. The van der Waals surface area contributed by atoms with Gasteiger partial charge in [-0.2, -0.15) is 0 Å². The van der Waals surface area contributed by atoms with Gasteiger partial charge in [0, 0.05) is 28.0 Å². The predicted molar refractivity (Wildman–Crippen MR) is 101 cm³/mol. The molecule has 1 heterocycles. The third-order valence-corrected chi connectivity index (χ3v) is 3.92. The predicted octanol–water partition coefficient (Wildman–Crippen LogP) is 3.92. The van der Waals surface area contributed by atoms with Crippen molar-refractivity contribution < 1.29 is 9.59 Å². The Labute approximate surface area is 156 Å². The van der Waals surface area contributed by atoms with E-state index in [1.165, 1.54) is 0 Å². The molecule has 0 fully saturated rings. The van der Waals surface area contributed by atoms with E-state index in [0.717, 1.165) is 5.69 Å². The summed E-state index contributed by atoms with van der Waals surface area (Å²) >= 11 is 5.82. The number of nitrogens with one attached hydrogen (secondary N) is 2. The molecule has 2 aromatic carbocycles. The number of rotatable bonds is 5. The summed E-state index contributed by atoms with van der Waals surface area (Å²) in [5.74, 6) is -0.479. The molecule has 2 amide bonds. The van der Waals surface area contributed by atoms with Gasteiger partial charge in [-0.15, -0.1) is 0 Å². The molecule has 26 heavy (non-hydrogen) atoms. The number of benzene rings is 2. The van der Waals surface area contributed by atoms with Crippen molar-refractivity contribution in [3.8, 4) is 0 Å². The topological polar surface area (TPSA) is 71.1 Å². The van der Waals surface area contributed by atoms with Crippen LogP contribution in [0.25, 0.3) is 0 Å². The summed E-state index contributed by atoms with van der Waals surface area (Å²) in [6.45, 7) is 0.346. The van der Waals surface area contributed by atoms with Crippen LogP contribution in [-0.4, -0.2) is 16.8 Å². The summed E-state index contributed by atoms with van der Waals surface area (Å²) < 4.78 is 0. The maximum Gasteiger partial charge on any atom is 0.255 e. The summed E-state index contributed by atoms with van der Waals surface area (Å²) in [6.07, 6.45) is 1.68. The van der Waals surface area contributed by atoms with E-state index in [1.54, 1.807) is 54.7 Å². The fourth-order valence-electron chi connectivity index (χ4n) is 2.29. The molecule has 3 aromatic rings. The molecular weight excluding hydrogens is 350 g/mol. The number of hydrogen-bond donors (Lipinski definition) is 2. The zero-order valence-electron chi connectivity index (χ0n) is 13.8. The molecule has 1 aromatic heterocycles. The Balaban J connectivity index is 1.59. The van der Waals surface area contributed by atoms with E-state index in [2.05, 4.69) is 15.6 Å². The molecule has 0 spiro atoms. The standard InChI is InChI=1S/C20H16ClN3O2/c21-16-8-10-17(11-9-16)24-20(26)15-6-4-14(5-7-15)19(25)23-13-18-3-1-2-12-22-18/h1-12H,13H2,(H,23,25)(H,24,26). The van der Waals surface area contributed by atoms with Gasteiger partial charge in [0.05, 0.1) is 12.2 Å². The second-order valence-corrected chi connectivity index (χ2v) is 5.98. The summed E-state index contributed by atoms with van der Waals surface area (Å²) in [5.41, 5.74) is 2.36. The second kappa shape index (κ2) is 8.27. The van der Waals surface area contributed by atoms with E-state index >= 15 is 0 Å². The Morgan fingerprint density at radius 1 is 0.846 bits per heavy atom. The van der Waals surface area contributed by atoms with E-state index in [0.29, 0.717) is 28.4 Å². The molecule has 0 saturated heterocycles. The first kappa shape index (κ1) is 17.6. The van der Waals surface area contributed by atoms with Crippen LogP contribution in [0.5, 0.6) is 0 Å². The van der Waals surface area contributed by atoms with Gasteiger partial charge < -0.3 is 10.6 Å². The number of pyridine rings is 1. The van der Waals surface area contributed by atoms with E-state index in [1.807, 2.05) is 18.2 Å². The van der Waals surface area contributed by atoms with Crippen LogP contribution in [-0.2, 0) is 6.54 Å². The van der Waals surface area contributed by atoms with E-state index < -0.39 is 0 Å². The summed E-state index contributed by atoms with van der Waals surface area (Å²) in [5, 5.41) is 6.17. The molecule has 0 aliphatic heterocycles. The summed E-state index contributed by atoms with van der Waals surface area (Å²) in [4.78, 5) is 28.6. The minimum atomic E-state index is -0.257. The molecule has 0 aliphatic carbocycles. The molecule has 0 bridgehead atoms. The number of hydrogen-bond acceptors (Lipinski definition) is 3. The normalized spacial score (nSPS) is 10.2. The van der Waals surface area contributed by atoms with Gasteiger partial charge in [-0.3, -0.25) is 14.6 Å². The zero-order valence-corrected chi connectivity index (χ0v) is 14.5. The molecule has 0 unspecified atom stereocenters. The molecule has 3 rings (SSSR count). The SMILES string of the molecule is O=C(NCc1ccccn1)c1ccc(C(=O)Nc2ccc(Cl)cc2)cc1. The monoisotopic (exact) mass is 365 g/mol. The van der Waals surface area contributed by atoms with Crippen molar-refractivity contribution in [2.24, 2.45) is 0 Å². The van der Waals surface area contributed by atoms with Crippen LogP contribution < -0.4 is 10.6 Å². The number of aromatic nitrogens is 1. The first-order valence-corrected chi connectivity index (χ1v) is 8.35. The molecule has 5 nitrogen and oxygen atoms in total. The maximum atomic E-state index is 12.2. The highest BCUT2D eigenvalue weighted by atomic mass is 35.5. The molecule has 0 saturated carbocycles. The molecule has 0 radical (unpaired) electrons. The zero-order chi connectivity index (χ0) is 18.4. The summed E-state index contributed by atoms with van der Waals surface area (Å²) in [6, 6.07) is 18.8. The number of anilines is 1. The number of carbonyl (C=O) groups excluding carboxylic acids is 2. The van der Waals surface area contributed by atoms with Gasteiger partial charge in [-0.1, -0.05) is 17.7 Å². The van der Waals surface area contributed by atoms with Crippen molar-refractivity contribution in [2.45, 2.75) is 6.54 Å². The van der Waals surface area contributed by atoms with Crippen molar-refractivity contribution in [2.75, 3.05) is 5.32 Å². The lowest BCUT2D eigenvalue weighted by Gasteiger charge is -2.07. The quantitative estimate of drug-likeness (QED) is 0.720. The largest absolute Gasteiger partial charge is 0.346 e. The molecule has 0 aliphatic rings. The number of halogens is 1. The average Bonchev–Trinajstić information content (AvgIpc) is 2.69. The minimum absolute atomic E-state index is 0.222. The van der Waals surface area contributed by atoms with E-state index in [9.17, 15) is 9.59 Å². The van der Waals surface area contributed by atoms with Crippen LogP contribution >= 0.6 is 11.6 Å². The number of amides is 2.